The number of aromatic nitrogens is 1. The van der Waals surface area contributed by atoms with Crippen molar-refractivity contribution in [3.63, 3.8) is 0 Å². The molecule has 1 aliphatic rings. The van der Waals surface area contributed by atoms with Gasteiger partial charge in [0.1, 0.15) is 5.82 Å². The Bertz CT molecular complexity index is 858. The Kier molecular flexibility index (Phi) is 5.65. The monoisotopic (exact) mass is 375 g/mol. The molecule has 7 nitrogen and oxygen atoms in total. The maximum Gasteiger partial charge on any atom is 0.256 e. The van der Waals surface area contributed by atoms with Crippen molar-refractivity contribution in [2.45, 2.75) is 30.8 Å². The molecule has 2 N–H and O–H groups in total. The number of amides is 1. The first-order chi connectivity index (χ1) is 12.4. The number of nitrogens with zero attached hydrogens (tertiary/aromatic N) is 1. The maximum absolute atomic E-state index is 12.3. The van der Waals surface area contributed by atoms with Crippen molar-refractivity contribution in [3.8, 4) is 0 Å². The smallest absolute Gasteiger partial charge is 0.256 e. The second-order valence-electron chi connectivity index (χ2n) is 6.19. The number of benzene rings is 1. The van der Waals surface area contributed by atoms with E-state index in [1.807, 2.05) is 13.0 Å². The van der Waals surface area contributed by atoms with Gasteiger partial charge < -0.3 is 10.1 Å². The third kappa shape index (κ3) is 4.66. The summed E-state index contributed by atoms with van der Waals surface area (Å²) in [5, 5.41) is 2.67. The van der Waals surface area contributed by atoms with E-state index in [2.05, 4.69) is 15.0 Å². The normalized spacial score (nSPS) is 17.2. The molecule has 0 aliphatic carbocycles. The van der Waals surface area contributed by atoms with E-state index in [9.17, 15) is 13.2 Å². The van der Waals surface area contributed by atoms with Crippen molar-refractivity contribution in [2.24, 2.45) is 0 Å². The highest BCUT2D eigenvalue weighted by molar-refractivity contribution is 7.89. The molecule has 138 valence electrons. The van der Waals surface area contributed by atoms with Crippen molar-refractivity contribution < 1.29 is 17.9 Å². The molecule has 1 atom stereocenters. The summed E-state index contributed by atoms with van der Waals surface area (Å²) in [6.45, 7) is 2.83. The van der Waals surface area contributed by atoms with Crippen LogP contribution in [0.4, 0.5) is 5.82 Å². The second kappa shape index (κ2) is 7.94. The lowest BCUT2D eigenvalue weighted by Crippen LogP contribution is -2.31. The van der Waals surface area contributed by atoms with Gasteiger partial charge in [0, 0.05) is 24.9 Å². The molecule has 1 amide bonds. The average Bonchev–Trinajstić information content (AvgIpc) is 3.16. The summed E-state index contributed by atoms with van der Waals surface area (Å²) in [6, 6.07) is 9.33. The van der Waals surface area contributed by atoms with E-state index >= 15 is 0 Å². The van der Waals surface area contributed by atoms with Crippen LogP contribution in [0.15, 0.2) is 47.5 Å². The number of rotatable bonds is 6. The lowest BCUT2D eigenvalue weighted by atomic mass is 10.2. The summed E-state index contributed by atoms with van der Waals surface area (Å²) in [7, 11) is -3.63. The Morgan fingerprint density at radius 3 is 2.62 bits per heavy atom. The number of ether oxygens (including phenoxy) is 1. The zero-order chi connectivity index (χ0) is 18.6. The molecule has 1 saturated heterocycles. The van der Waals surface area contributed by atoms with Gasteiger partial charge in [-0.05, 0) is 55.7 Å². The van der Waals surface area contributed by atoms with Crippen LogP contribution in [0.2, 0.25) is 0 Å². The zero-order valence-electron chi connectivity index (χ0n) is 14.4. The molecule has 3 rings (SSSR count). The Balaban J connectivity index is 1.63. The van der Waals surface area contributed by atoms with Crippen LogP contribution in [0.1, 0.15) is 28.8 Å². The first kappa shape index (κ1) is 18.5. The van der Waals surface area contributed by atoms with Gasteiger partial charge in [-0.25, -0.2) is 18.1 Å². The van der Waals surface area contributed by atoms with Crippen molar-refractivity contribution in [1.82, 2.24) is 9.71 Å². The molecule has 1 unspecified atom stereocenters. The van der Waals surface area contributed by atoms with Crippen LogP contribution >= 0.6 is 0 Å². The fraction of sp³-hybridized carbons (Fsp3) is 0.333. The molecular formula is C18H21N3O4S. The molecule has 1 aromatic carbocycles. The van der Waals surface area contributed by atoms with E-state index in [0.717, 1.165) is 18.4 Å². The highest BCUT2D eigenvalue weighted by Crippen LogP contribution is 2.15. The largest absolute Gasteiger partial charge is 0.377 e. The Hall–Kier alpha value is -2.29. The number of hydrogen-bond donors (Lipinski definition) is 2. The van der Waals surface area contributed by atoms with Gasteiger partial charge in [-0.2, -0.15) is 0 Å². The van der Waals surface area contributed by atoms with E-state index in [0.29, 0.717) is 18.0 Å². The number of nitrogens with one attached hydrogen (secondary N) is 2. The van der Waals surface area contributed by atoms with Gasteiger partial charge in [-0.15, -0.1) is 0 Å². The van der Waals surface area contributed by atoms with Crippen molar-refractivity contribution >= 4 is 21.7 Å². The molecule has 0 bridgehead atoms. The highest BCUT2D eigenvalue weighted by Gasteiger charge is 2.20. The fourth-order valence-electron chi connectivity index (χ4n) is 2.61. The number of aryl methyl sites for hydroxylation is 1. The zero-order valence-corrected chi connectivity index (χ0v) is 15.3. The predicted molar refractivity (Wildman–Crippen MR) is 97.5 cm³/mol. The number of hydrogen-bond acceptors (Lipinski definition) is 5. The minimum atomic E-state index is -3.63. The first-order valence-electron chi connectivity index (χ1n) is 8.39. The average molecular weight is 375 g/mol. The quantitative estimate of drug-likeness (QED) is 0.806. The van der Waals surface area contributed by atoms with Crippen LogP contribution in [0, 0.1) is 6.92 Å². The number of carbonyl (C=O) groups is 1. The summed E-state index contributed by atoms with van der Waals surface area (Å²) in [6.07, 6.45) is 3.39. The topological polar surface area (TPSA) is 97.4 Å². The Morgan fingerprint density at radius 1 is 1.23 bits per heavy atom. The van der Waals surface area contributed by atoms with Crippen LogP contribution in [-0.2, 0) is 14.8 Å². The second-order valence-corrected chi connectivity index (χ2v) is 7.95. The Morgan fingerprint density at radius 2 is 2.00 bits per heavy atom. The van der Waals surface area contributed by atoms with Crippen molar-refractivity contribution in [2.75, 3.05) is 18.5 Å². The summed E-state index contributed by atoms with van der Waals surface area (Å²) < 4.78 is 32.6. The minimum absolute atomic E-state index is 0.0724. The summed E-state index contributed by atoms with van der Waals surface area (Å²) >= 11 is 0. The highest BCUT2D eigenvalue weighted by atomic mass is 32.2. The van der Waals surface area contributed by atoms with Crippen LogP contribution in [-0.4, -0.2) is 38.6 Å². The summed E-state index contributed by atoms with van der Waals surface area (Å²) in [4.78, 5) is 16.5. The molecule has 0 spiro atoms. The van der Waals surface area contributed by atoms with Crippen LogP contribution < -0.4 is 10.0 Å². The van der Waals surface area contributed by atoms with E-state index in [-0.39, 0.29) is 23.5 Å². The SMILES string of the molecule is Cc1ccc(NC(=O)c2ccc(S(=O)(=O)NCC3CCCO3)cc2)nc1. The molecule has 0 saturated carbocycles. The van der Waals surface area contributed by atoms with E-state index in [4.69, 9.17) is 4.74 Å². The van der Waals surface area contributed by atoms with E-state index in [1.54, 1.807) is 12.3 Å². The first-order valence-corrected chi connectivity index (χ1v) is 9.88. The third-order valence-electron chi connectivity index (χ3n) is 4.10. The van der Waals surface area contributed by atoms with Crippen molar-refractivity contribution in [1.29, 1.82) is 0 Å². The van der Waals surface area contributed by atoms with Gasteiger partial charge in [0.25, 0.3) is 5.91 Å². The van der Waals surface area contributed by atoms with Gasteiger partial charge >= 0.3 is 0 Å². The number of pyridine rings is 1. The van der Waals surface area contributed by atoms with Crippen molar-refractivity contribution in [3.05, 3.63) is 53.7 Å². The lowest BCUT2D eigenvalue weighted by molar-refractivity contribution is 0.102. The molecule has 2 heterocycles. The number of carbonyl (C=O) groups excluding carboxylic acids is 1. The molecule has 2 aromatic rings. The van der Waals surface area contributed by atoms with Gasteiger partial charge in [0.05, 0.1) is 11.0 Å². The van der Waals surface area contributed by atoms with Gasteiger partial charge in [-0.1, -0.05) is 6.07 Å². The molecule has 0 radical (unpaired) electrons. The van der Waals surface area contributed by atoms with Crippen LogP contribution in [0.3, 0.4) is 0 Å². The van der Waals surface area contributed by atoms with Gasteiger partial charge in [0.15, 0.2) is 0 Å². The van der Waals surface area contributed by atoms with E-state index in [1.165, 1.54) is 24.3 Å². The molecule has 1 fully saturated rings. The Labute approximate surface area is 152 Å². The van der Waals surface area contributed by atoms with Gasteiger partial charge in [0.2, 0.25) is 10.0 Å². The van der Waals surface area contributed by atoms with Crippen LogP contribution in [0.5, 0.6) is 0 Å². The fourth-order valence-corrected chi connectivity index (χ4v) is 3.67. The number of anilines is 1. The summed E-state index contributed by atoms with van der Waals surface area (Å²) in [5.74, 6) is 0.0909. The predicted octanol–water partition coefficient (Wildman–Crippen LogP) is 2.10. The minimum Gasteiger partial charge on any atom is -0.377 e. The van der Waals surface area contributed by atoms with Crippen LogP contribution in [0.25, 0.3) is 0 Å². The standard InChI is InChI=1S/C18H21N3O4S/c1-13-4-9-17(19-11-13)21-18(22)14-5-7-16(8-6-14)26(23,24)20-12-15-3-2-10-25-15/h4-9,11,15,20H,2-3,10,12H2,1H3,(H,19,21,22). The molecule has 8 heteroatoms. The molecule has 1 aliphatic heterocycles. The lowest BCUT2D eigenvalue weighted by Gasteiger charge is -2.11. The molecule has 26 heavy (non-hydrogen) atoms. The van der Waals surface area contributed by atoms with E-state index < -0.39 is 10.0 Å². The molecular weight excluding hydrogens is 354 g/mol. The molecule has 1 aromatic heterocycles. The third-order valence-corrected chi connectivity index (χ3v) is 5.54. The number of sulfonamides is 1. The summed E-state index contributed by atoms with van der Waals surface area (Å²) in [5.41, 5.74) is 1.35. The van der Waals surface area contributed by atoms with Gasteiger partial charge in [-0.3, -0.25) is 4.79 Å². The maximum atomic E-state index is 12.3.